The molecule has 0 spiro atoms. The van der Waals surface area contributed by atoms with Crippen LogP contribution in [0.2, 0.25) is 10.0 Å². The lowest BCUT2D eigenvalue weighted by Gasteiger charge is -2.35. The summed E-state index contributed by atoms with van der Waals surface area (Å²) in [5, 5.41) is 33.6. The molecule has 0 fully saturated rings. The van der Waals surface area contributed by atoms with Crippen LogP contribution in [0.15, 0.2) is 48.7 Å². The summed E-state index contributed by atoms with van der Waals surface area (Å²) in [6.45, 7) is 2.52. The number of aliphatic hydroxyl groups is 1. The van der Waals surface area contributed by atoms with Crippen LogP contribution in [0.3, 0.4) is 0 Å². The smallest absolute Gasteiger partial charge is 0.366 e. The predicted octanol–water partition coefficient (Wildman–Crippen LogP) is 3.50. The monoisotopic (exact) mass is 571 g/mol. The first-order valence-electron chi connectivity index (χ1n) is 11.0. The number of ether oxygens (including phenoxy) is 2. The van der Waals surface area contributed by atoms with Crippen molar-refractivity contribution < 1.29 is 48.0 Å². The zero-order chi connectivity index (χ0) is 28.4. The molecule has 0 radical (unpaired) electrons. The van der Waals surface area contributed by atoms with Crippen molar-refractivity contribution >= 4 is 35.1 Å². The molecule has 1 aromatic heterocycles. The molecule has 1 heterocycles. The van der Waals surface area contributed by atoms with Gasteiger partial charge in [0, 0.05) is 4.73 Å². The van der Waals surface area contributed by atoms with Gasteiger partial charge in [-0.1, -0.05) is 35.3 Å². The van der Waals surface area contributed by atoms with Crippen LogP contribution in [0.1, 0.15) is 35.5 Å². The molecule has 1 amide bonds. The van der Waals surface area contributed by atoms with Crippen LogP contribution in [0, 0.1) is 11.6 Å². The summed E-state index contributed by atoms with van der Waals surface area (Å²) in [6, 6.07) is 6.55. The zero-order valence-electron chi connectivity index (χ0n) is 20.2. The van der Waals surface area contributed by atoms with Crippen molar-refractivity contribution in [1.29, 1.82) is 0 Å². The Labute approximate surface area is 225 Å². The Hall–Kier alpha value is -3.67. The number of benzene rings is 2. The minimum absolute atomic E-state index is 0.110. The molecule has 2 atom stereocenters. The van der Waals surface area contributed by atoms with Gasteiger partial charge in [-0.2, -0.15) is 0 Å². The van der Waals surface area contributed by atoms with E-state index in [4.69, 9.17) is 32.7 Å². The maximum atomic E-state index is 14.3. The van der Waals surface area contributed by atoms with Gasteiger partial charge in [0.1, 0.15) is 23.8 Å². The Kier molecular flexibility index (Phi) is 8.65. The van der Waals surface area contributed by atoms with E-state index >= 15 is 0 Å². The summed E-state index contributed by atoms with van der Waals surface area (Å²) in [5.41, 5.74) is -3.13. The first-order valence-corrected chi connectivity index (χ1v) is 11.7. The molecule has 3 rings (SSSR count). The molecule has 0 saturated heterocycles. The first-order chi connectivity index (χ1) is 17.8. The van der Waals surface area contributed by atoms with E-state index < -0.39 is 52.7 Å². The third-order valence-corrected chi connectivity index (χ3v) is 6.40. The summed E-state index contributed by atoms with van der Waals surface area (Å²) >= 11 is 11.5. The highest BCUT2D eigenvalue weighted by Crippen LogP contribution is 2.37. The molecule has 0 aliphatic carbocycles. The lowest BCUT2D eigenvalue weighted by molar-refractivity contribution is -0.906. The minimum atomic E-state index is -2.28. The van der Waals surface area contributed by atoms with Crippen molar-refractivity contribution in [2.24, 2.45) is 0 Å². The fraction of sp³-hybridized carbons (Fsp3) is 0.240. The van der Waals surface area contributed by atoms with Crippen LogP contribution >= 0.6 is 23.2 Å². The lowest BCUT2D eigenvalue weighted by Crippen LogP contribution is -2.48. The van der Waals surface area contributed by atoms with Gasteiger partial charge < -0.3 is 25.0 Å². The van der Waals surface area contributed by atoms with Gasteiger partial charge in [0.2, 0.25) is 11.9 Å². The number of aromatic nitrogens is 1. The maximum absolute atomic E-state index is 14.3. The number of hydrogen-bond donors (Lipinski definition) is 4. The van der Waals surface area contributed by atoms with Crippen LogP contribution in [-0.2, 0) is 15.1 Å². The van der Waals surface area contributed by atoms with Crippen molar-refractivity contribution in [1.82, 2.24) is 5.32 Å². The van der Waals surface area contributed by atoms with Crippen LogP contribution in [0.5, 0.6) is 11.5 Å². The third-order valence-electron chi connectivity index (χ3n) is 5.79. The van der Waals surface area contributed by atoms with Gasteiger partial charge in [-0.05, 0) is 49.2 Å². The molecule has 0 unspecified atom stereocenters. The Morgan fingerprint density at radius 3 is 2.03 bits per heavy atom. The third kappa shape index (κ3) is 5.59. The zero-order valence-corrected chi connectivity index (χ0v) is 21.7. The molecule has 13 heteroatoms. The number of nitrogens with zero attached hydrogens (tertiary/aromatic N) is 1. The van der Waals surface area contributed by atoms with Gasteiger partial charge in [-0.25, -0.2) is 13.6 Å². The van der Waals surface area contributed by atoms with Crippen LogP contribution in [-0.4, -0.2) is 46.6 Å². The number of carbonyl (C=O) groups excluding carboxylic acids is 2. The molecule has 0 aliphatic heterocycles. The number of amides is 1. The Morgan fingerprint density at radius 2 is 1.55 bits per heavy atom. The molecule has 9 nitrogen and oxygen atoms in total. The second-order valence-corrected chi connectivity index (χ2v) is 9.04. The van der Waals surface area contributed by atoms with E-state index in [2.05, 4.69) is 5.32 Å². The van der Waals surface area contributed by atoms with E-state index in [1.807, 2.05) is 0 Å². The van der Waals surface area contributed by atoms with E-state index in [-0.39, 0.29) is 26.9 Å². The highest BCUT2D eigenvalue weighted by atomic mass is 35.5. The second kappa shape index (κ2) is 11.4. The number of carbonyl (C=O) groups is 2. The van der Waals surface area contributed by atoms with Gasteiger partial charge >= 0.3 is 17.6 Å². The second-order valence-electron chi connectivity index (χ2n) is 8.22. The summed E-state index contributed by atoms with van der Waals surface area (Å²) in [6.07, 6.45) is -0.432. The number of hydrogen-bond acceptors (Lipinski definition) is 7. The van der Waals surface area contributed by atoms with Crippen molar-refractivity contribution in [3.8, 4) is 11.5 Å². The summed E-state index contributed by atoms with van der Waals surface area (Å²) in [4.78, 5) is 25.5. The van der Waals surface area contributed by atoms with Crippen LogP contribution < -0.4 is 14.8 Å². The molecule has 0 saturated carbocycles. The molecule has 202 valence electrons. The van der Waals surface area contributed by atoms with E-state index in [1.54, 1.807) is 0 Å². The average Bonchev–Trinajstić information content (AvgIpc) is 2.86. The normalized spacial score (nSPS) is 12.9. The molecular formula is C25H23Cl2F2N2O7+. The predicted molar refractivity (Wildman–Crippen MR) is 130 cm³/mol. The highest BCUT2D eigenvalue weighted by molar-refractivity contribution is 6.31. The topological polar surface area (TPSA) is 129 Å². The Morgan fingerprint density at radius 1 is 1.03 bits per heavy atom. The highest BCUT2D eigenvalue weighted by Gasteiger charge is 2.42. The number of esters is 1. The summed E-state index contributed by atoms with van der Waals surface area (Å²) in [5.74, 6) is -4.68. The molecule has 0 bridgehead atoms. The molecule has 2 aromatic carbocycles. The lowest BCUT2D eigenvalue weighted by atomic mass is 9.82. The summed E-state index contributed by atoms with van der Waals surface area (Å²) in [7, 11) is 1.24. The average molecular weight is 572 g/mol. The molecular weight excluding hydrogens is 549 g/mol. The van der Waals surface area contributed by atoms with Crippen molar-refractivity contribution in [3.05, 3.63) is 87.2 Å². The molecule has 4 N–H and O–H groups in total. The Balaban J connectivity index is 1.90. The van der Waals surface area contributed by atoms with Gasteiger partial charge in [-0.15, -0.1) is 0 Å². The van der Waals surface area contributed by atoms with Crippen LogP contribution in [0.25, 0.3) is 0 Å². The van der Waals surface area contributed by atoms with Crippen molar-refractivity contribution in [2.45, 2.75) is 31.6 Å². The number of rotatable bonds is 8. The van der Waals surface area contributed by atoms with Gasteiger partial charge in [0.05, 0.1) is 23.2 Å². The van der Waals surface area contributed by atoms with E-state index in [1.165, 1.54) is 51.3 Å². The quantitative estimate of drug-likeness (QED) is 0.185. The standard InChI is InChI=1S/C25H22Cl2F2N2O7/c1-12(30-23(33)21-22(32)20(37-3)8-9-31(21)36)24(34)38-13(2)25(35,14-4-6-16(26)18(28)10-14)15-5-7-17(27)19(29)11-15/h4-13,35H,1-3H3,(H2-,30,32,33,36)/p+1/t12-,13-/m0/s1. The van der Waals surface area contributed by atoms with Crippen molar-refractivity contribution in [3.63, 3.8) is 0 Å². The van der Waals surface area contributed by atoms with Crippen LogP contribution in [0.4, 0.5) is 8.78 Å². The number of methoxy groups -OCH3 is 1. The van der Waals surface area contributed by atoms with E-state index in [0.717, 1.165) is 18.3 Å². The van der Waals surface area contributed by atoms with E-state index in [0.29, 0.717) is 4.73 Å². The number of halogens is 4. The summed E-state index contributed by atoms with van der Waals surface area (Å²) < 4.78 is 39.2. The number of aromatic hydroxyl groups is 1. The Bertz CT molecular complexity index is 1340. The van der Waals surface area contributed by atoms with E-state index in [9.17, 15) is 33.8 Å². The number of pyridine rings is 1. The molecule has 38 heavy (non-hydrogen) atoms. The fourth-order valence-electron chi connectivity index (χ4n) is 3.68. The minimum Gasteiger partial charge on any atom is -0.499 e. The molecule has 3 aromatic rings. The largest absolute Gasteiger partial charge is 0.499 e. The fourth-order valence-corrected chi connectivity index (χ4v) is 3.92. The SMILES string of the molecule is COc1cc[n+](O)c(C(=O)N[C@@H](C)C(=O)O[C@@H](C)C(O)(c2ccc(Cl)c(F)c2)c2ccc(Cl)c(F)c2)c1O. The maximum Gasteiger partial charge on any atom is 0.366 e. The van der Waals surface area contributed by atoms with Gasteiger partial charge in [0.25, 0.3) is 0 Å². The van der Waals surface area contributed by atoms with Gasteiger partial charge in [-0.3, -0.25) is 10.0 Å². The number of nitrogens with one attached hydrogen (secondary N) is 1. The van der Waals surface area contributed by atoms with Gasteiger partial charge in [0.15, 0.2) is 11.4 Å². The van der Waals surface area contributed by atoms with Crippen molar-refractivity contribution in [2.75, 3.05) is 7.11 Å². The molecule has 0 aliphatic rings. The first kappa shape index (κ1) is 28.9.